The van der Waals surface area contributed by atoms with Crippen molar-refractivity contribution in [2.24, 2.45) is 11.8 Å². The lowest BCUT2D eigenvalue weighted by Gasteiger charge is -2.33. The van der Waals surface area contributed by atoms with Crippen molar-refractivity contribution in [3.8, 4) is 0 Å². The first-order valence-electron chi connectivity index (χ1n) is 12.9. The van der Waals surface area contributed by atoms with Crippen LogP contribution in [0, 0.1) is 11.8 Å². The van der Waals surface area contributed by atoms with Crippen molar-refractivity contribution in [1.82, 2.24) is 20.4 Å². The molecule has 0 aliphatic carbocycles. The van der Waals surface area contributed by atoms with Crippen molar-refractivity contribution >= 4 is 17.7 Å². The molecule has 0 aromatic carbocycles. The fourth-order valence-corrected chi connectivity index (χ4v) is 4.09. The Hall–Kier alpha value is -1.71. The lowest BCUT2D eigenvalue weighted by Crippen LogP contribution is -2.56. The highest BCUT2D eigenvalue weighted by molar-refractivity contribution is 5.91. The minimum Gasteiger partial charge on any atom is -0.382 e. The number of hydrogen-bond donors (Lipinski definition) is 2. The zero-order valence-electron chi connectivity index (χ0n) is 22.2. The Bertz CT molecular complexity index is 608. The van der Waals surface area contributed by atoms with E-state index in [0.29, 0.717) is 58.8 Å². The molecular weight excluding hydrogens is 436 g/mol. The molecule has 1 saturated heterocycles. The van der Waals surface area contributed by atoms with Crippen LogP contribution < -0.4 is 10.6 Å². The maximum Gasteiger partial charge on any atom is 0.243 e. The van der Waals surface area contributed by atoms with Crippen LogP contribution in [0.15, 0.2) is 0 Å². The van der Waals surface area contributed by atoms with E-state index in [0.717, 1.165) is 19.6 Å². The summed E-state index contributed by atoms with van der Waals surface area (Å²) in [6, 6.07) is -1.25. The molecule has 1 rings (SSSR count). The van der Waals surface area contributed by atoms with Crippen molar-refractivity contribution in [2.75, 3.05) is 59.2 Å². The molecule has 1 heterocycles. The molecule has 9 nitrogen and oxygen atoms in total. The Morgan fingerprint density at radius 1 is 1.03 bits per heavy atom. The van der Waals surface area contributed by atoms with Crippen LogP contribution in [0.1, 0.15) is 60.8 Å². The Morgan fingerprint density at radius 3 is 2.24 bits per heavy atom. The van der Waals surface area contributed by atoms with E-state index in [-0.39, 0.29) is 29.6 Å². The number of hydrogen-bond acceptors (Lipinski definition) is 6. The topological polar surface area (TPSA) is 100 Å². The van der Waals surface area contributed by atoms with Gasteiger partial charge >= 0.3 is 0 Å². The number of carbonyl (C=O) groups is 3. The predicted octanol–water partition coefficient (Wildman–Crippen LogP) is 1.66. The van der Waals surface area contributed by atoms with Crippen LogP contribution >= 0.6 is 0 Å². The van der Waals surface area contributed by atoms with Crippen LogP contribution in [0.25, 0.3) is 0 Å². The molecule has 3 amide bonds. The van der Waals surface area contributed by atoms with Gasteiger partial charge in [-0.05, 0) is 38.0 Å². The summed E-state index contributed by atoms with van der Waals surface area (Å²) in [6.45, 7) is 17.6. The minimum atomic E-state index is -0.635. The highest BCUT2D eigenvalue weighted by atomic mass is 16.5. The van der Waals surface area contributed by atoms with Crippen LogP contribution in [0.5, 0.6) is 0 Å². The summed E-state index contributed by atoms with van der Waals surface area (Å²) >= 11 is 0. The van der Waals surface area contributed by atoms with Gasteiger partial charge in [0.1, 0.15) is 12.1 Å². The zero-order valence-corrected chi connectivity index (χ0v) is 22.2. The Morgan fingerprint density at radius 2 is 1.68 bits per heavy atom. The molecule has 0 bridgehead atoms. The first-order valence-corrected chi connectivity index (χ1v) is 12.9. The number of nitrogens with one attached hydrogen (secondary N) is 2. The first-order chi connectivity index (χ1) is 16.1. The van der Waals surface area contributed by atoms with Gasteiger partial charge in [-0.15, -0.1) is 0 Å². The first kappa shape index (κ1) is 30.3. The summed E-state index contributed by atoms with van der Waals surface area (Å²) < 4.78 is 10.8. The molecule has 0 saturated carbocycles. The maximum atomic E-state index is 13.4. The van der Waals surface area contributed by atoms with Gasteiger partial charge in [-0.25, -0.2) is 0 Å². The summed E-state index contributed by atoms with van der Waals surface area (Å²) in [7, 11) is 0. The lowest BCUT2D eigenvalue weighted by atomic mass is 9.99. The van der Waals surface area contributed by atoms with E-state index in [1.54, 1.807) is 4.90 Å². The zero-order chi connectivity index (χ0) is 25.5. The fraction of sp³-hybridized carbons (Fsp3) is 0.880. The summed E-state index contributed by atoms with van der Waals surface area (Å²) in [4.78, 5) is 42.7. The second-order valence-corrected chi connectivity index (χ2v) is 9.84. The van der Waals surface area contributed by atoms with Gasteiger partial charge in [-0.3, -0.25) is 19.3 Å². The predicted molar refractivity (Wildman–Crippen MR) is 133 cm³/mol. The maximum absolute atomic E-state index is 13.4. The van der Waals surface area contributed by atoms with E-state index in [4.69, 9.17) is 9.47 Å². The minimum absolute atomic E-state index is 0.146. The van der Waals surface area contributed by atoms with Crippen molar-refractivity contribution in [2.45, 2.75) is 72.9 Å². The largest absolute Gasteiger partial charge is 0.382 e. The average Bonchev–Trinajstić information content (AvgIpc) is 2.77. The number of nitrogens with zero attached hydrogens (tertiary/aromatic N) is 2. The fourth-order valence-electron chi connectivity index (χ4n) is 4.09. The Labute approximate surface area is 206 Å². The van der Waals surface area contributed by atoms with Gasteiger partial charge in [-0.1, -0.05) is 27.7 Å². The van der Waals surface area contributed by atoms with E-state index < -0.39 is 12.1 Å². The monoisotopic (exact) mass is 484 g/mol. The smallest absolute Gasteiger partial charge is 0.243 e. The third kappa shape index (κ3) is 12.1. The summed E-state index contributed by atoms with van der Waals surface area (Å²) in [5, 5.41) is 5.96. The molecule has 0 radical (unpaired) electrons. The highest BCUT2D eigenvalue weighted by Crippen LogP contribution is 2.15. The molecule has 198 valence electrons. The van der Waals surface area contributed by atoms with Crippen LogP contribution in [0.3, 0.4) is 0 Å². The molecular formula is C25H48N4O5. The number of rotatable bonds is 16. The molecule has 0 aromatic heterocycles. The van der Waals surface area contributed by atoms with E-state index in [9.17, 15) is 14.4 Å². The van der Waals surface area contributed by atoms with E-state index in [1.165, 1.54) is 6.92 Å². The van der Waals surface area contributed by atoms with Crippen LogP contribution in [-0.4, -0.2) is 98.8 Å². The second kappa shape index (κ2) is 16.8. The normalized spacial score (nSPS) is 16.4. The molecule has 0 unspecified atom stereocenters. The number of ether oxygens (including phenoxy) is 2. The summed E-state index contributed by atoms with van der Waals surface area (Å²) in [5.74, 6) is -0.143. The quantitative estimate of drug-likeness (QED) is 0.323. The molecule has 1 fully saturated rings. The Kier molecular flexibility index (Phi) is 15.0. The van der Waals surface area contributed by atoms with Crippen LogP contribution in [-0.2, 0) is 23.9 Å². The SMILES string of the molecule is CCOCCCN(C(C)=O)[C@@H](CC(C)C)C(=O)N[C@@H](CC(C)C)C(=O)NCCN1CCOCC1. The Balaban J connectivity index is 2.81. The standard InChI is InChI=1S/C25H48N4O5/c1-7-33-14-8-10-29(21(6)30)23(18-20(4)5)25(32)27-22(17-19(2)3)24(31)26-9-11-28-12-15-34-16-13-28/h19-20,22-23H,7-18H2,1-6H3,(H,26,31)(H,27,32)/t22-,23-/m0/s1. The lowest BCUT2D eigenvalue weighted by molar-refractivity contribution is -0.141. The van der Waals surface area contributed by atoms with Crippen molar-refractivity contribution in [3.05, 3.63) is 0 Å². The van der Waals surface area contributed by atoms with Gasteiger partial charge in [0.05, 0.1) is 13.2 Å². The molecule has 0 spiro atoms. The van der Waals surface area contributed by atoms with E-state index in [2.05, 4.69) is 15.5 Å². The number of morpholine rings is 1. The summed E-state index contributed by atoms with van der Waals surface area (Å²) in [5.41, 5.74) is 0. The van der Waals surface area contributed by atoms with E-state index in [1.807, 2.05) is 34.6 Å². The number of amides is 3. The van der Waals surface area contributed by atoms with Crippen LogP contribution in [0.4, 0.5) is 0 Å². The van der Waals surface area contributed by atoms with Gasteiger partial charge in [0.15, 0.2) is 0 Å². The second-order valence-electron chi connectivity index (χ2n) is 9.84. The van der Waals surface area contributed by atoms with Gasteiger partial charge in [0.2, 0.25) is 17.7 Å². The highest BCUT2D eigenvalue weighted by Gasteiger charge is 2.32. The van der Waals surface area contributed by atoms with Gasteiger partial charge in [0, 0.05) is 52.9 Å². The van der Waals surface area contributed by atoms with Crippen LogP contribution in [0.2, 0.25) is 0 Å². The third-order valence-corrected chi connectivity index (χ3v) is 5.84. The number of carbonyl (C=O) groups excluding carboxylic acids is 3. The third-order valence-electron chi connectivity index (χ3n) is 5.84. The van der Waals surface area contributed by atoms with Crippen molar-refractivity contribution in [3.63, 3.8) is 0 Å². The van der Waals surface area contributed by atoms with Crippen molar-refractivity contribution < 1.29 is 23.9 Å². The van der Waals surface area contributed by atoms with Crippen molar-refractivity contribution in [1.29, 1.82) is 0 Å². The molecule has 2 atom stereocenters. The van der Waals surface area contributed by atoms with Gasteiger partial charge < -0.3 is 25.0 Å². The molecule has 1 aliphatic heterocycles. The molecule has 1 aliphatic rings. The molecule has 9 heteroatoms. The van der Waals surface area contributed by atoms with E-state index >= 15 is 0 Å². The average molecular weight is 485 g/mol. The summed E-state index contributed by atoms with van der Waals surface area (Å²) in [6.07, 6.45) is 1.73. The molecule has 0 aromatic rings. The van der Waals surface area contributed by atoms with Gasteiger partial charge in [-0.2, -0.15) is 0 Å². The molecule has 34 heavy (non-hydrogen) atoms. The van der Waals surface area contributed by atoms with Gasteiger partial charge in [0.25, 0.3) is 0 Å². The molecule has 2 N–H and O–H groups in total.